The van der Waals surface area contributed by atoms with Crippen LogP contribution in [0.3, 0.4) is 0 Å². The van der Waals surface area contributed by atoms with Gasteiger partial charge < -0.3 is 5.32 Å². The van der Waals surface area contributed by atoms with Gasteiger partial charge in [0.1, 0.15) is 0 Å². The van der Waals surface area contributed by atoms with Gasteiger partial charge in [0, 0.05) is 10.5 Å². The number of hydrogen-bond donors (Lipinski definition) is 1. The Hall–Kier alpha value is -0.340. The quantitative estimate of drug-likeness (QED) is 0.868. The minimum atomic E-state index is 0.558. The van der Waals surface area contributed by atoms with E-state index in [0.29, 0.717) is 12.0 Å². The summed E-state index contributed by atoms with van der Waals surface area (Å²) in [7, 11) is 2.03. The van der Waals surface area contributed by atoms with Gasteiger partial charge in [-0.25, -0.2) is 0 Å². The van der Waals surface area contributed by atoms with Crippen LogP contribution in [0.1, 0.15) is 31.7 Å². The van der Waals surface area contributed by atoms with E-state index in [0.717, 1.165) is 10.9 Å². The predicted octanol–water partition coefficient (Wildman–Crippen LogP) is 3.55. The molecule has 0 radical (unpaired) electrons. The molecule has 1 N–H and O–H groups in total. The lowest BCUT2D eigenvalue weighted by Gasteiger charge is -2.22. The van der Waals surface area contributed by atoms with Gasteiger partial charge >= 0.3 is 0 Å². The average molecular weight is 256 g/mol. The molecule has 0 saturated heterocycles. The lowest BCUT2D eigenvalue weighted by molar-refractivity contribution is 0.472. The Balaban J connectivity index is 2.82. The molecule has 78 valence electrons. The Bertz CT molecular complexity index is 281. The predicted molar refractivity (Wildman–Crippen MR) is 65.7 cm³/mol. The minimum absolute atomic E-state index is 0.558. The second kappa shape index (κ2) is 5.52. The van der Waals surface area contributed by atoms with Crippen molar-refractivity contribution in [3.8, 4) is 0 Å². The highest BCUT2D eigenvalue weighted by Crippen LogP contribution is 2.23. The number of nitrogens with one attached hydrogen (secondary N) is 1. The normalized spacial score (nSPS) is 15.1. The molecule has 1 aromatic rings. The molecule has 14 heavy (non-hydrogen) atoms. The van der Waals surface area contributed by atoms with Crippen molar-refractivity contribution in [2.24, 2.45) is 0 Å². The Labute approximate surface area is 95.0 Å². The highest BCUT2D eigenvalue weighted by atomic mass is 79.9. The van der Waals surface area contributed by atoms with E-state index in [9.17, 15) is 0 Å². The number of rotatable bonds is 4. The van der Waals surface area contributed by atoms with Crippen LogP contribution in [0.2, 0.25) is 0 Å². The number of benzene rings is 1. The van der Waals surface area contributed by atoms with E-state index < -0.39 is 0 Å². The molecule has 0 spiro atoms. The van der Waals surface area contributed by atoms with Crippen molar-refractivity contribution in [2.45, 2.75) is 32.2 Å². The van der Waals surface area contributed by atoms with Gasteiger partial charge in [-0.15, -0.1) is 0 Å². The van der Waals surface area contributed by atoms with Crippen molar-refractivity contribution in [1.82, 2.24) is 5.32 Å². The average Bonchev–Trinajstić information content (AvgIpc) is 2.19. The molecule has 1 rings (SSSR count). The monoisotopic (exact) mass is 255 g/mol. The molecule has 2 atom stereocenters. The highest BCUT2D eigenvalue weighted by molar-refractivity contribution is 9.10. The zero-order valence-corrected chi connectivity index (χ0v) is 10.6. The van der Waals surface area contributed by atoms with Gasteiger partial charge in [0.05, 0.1) is 0 Å². The standard InChI is InChI=1S/C12H18BrN/c1-4-12(14-3)9(2)10-6-5-7-11(13)8-10/h5-9,12,14H,4H2,1-3H3. The van der Waals surface area contributed by atoms with Gasteiger partial charge in [-0.1, -0.05) is 41.9 Å². The summed E-state index contributed by atoms with van der Waals surface area (Å²) in [6, 6.07) is 9.11. The molecule has 1 aromatic carbocycles. The number of halogens is 1. The first-order chi connectivity index (χ1) is 6.69. The fraction of sp³-hybridized carbons (Fsp3) is 0.500. The van der Waals surface area contributed by atoms with Gasteiger partial charge in [-0.3, -0.25) is 0 Å². The smallest absolute Gasteiger partial charge is 0.0178 e. The summed E-state index contributed by atoms with van der Waals surface area (Å²) in [5.41, 5.74) is 1.39. The van der Waals surface area contributed by atoms with Crippen LogP contribution in [0.4, 0.5) is 0 Å². The number of likely N-dealkylation sites (N-methyl/N-ethyl adjacent to an activating group) is 1. The molecule has 0 aromatic heterocycles. The number of hydrogen-bond acceptors (Lipinski definition) is 1. The maximum atomic E-state index is 3.50. The molecule has 0 fully saturated rings. The Morgan fingerprint density at radius 2 is 2.14 bits per heavy atom. The lowest BCUT2D eigenvalue weighted by Crippen LogP contribution is -2.29. The third-order valence-corrected chi connectivity index (χ3v) is 3.28. The minimum Gasteiger partial charge on any atom is -0.316 e. The molecule has 1 nitrogen and oxygen atoms in total. The summed E-state index contributed by atoms with van der Waals surface area (Å²) in [5.74, 6) is 0.558. The second-order valence-electron chi connectivity index (χ2n) is 3.65. The molecule has 0 heterocycles. The summed E-state index contributed by atoms with van der Waals surface area (Å²) < 4.78 is 1.16. The van der Waals surface area contributed by atoms with Crippen molar-refractivity contribution < 1.29 is 0 Å². The Kier molecular flexibility index (Phi) is 4.63. The molecule has 0 aliphatic heterocycles. The fourth-order valence-corrected chi connectivity index (χ4v) is 2.25. The maximum Gasteiger partial charge on any atom is 0.0178 e. The summed E-state index contributed by atoms with van der Waals surface area (Å²) in [6.07, 6.45) is 1.16. The molecule has 0 aliphatic rings. The highest BCUT2D eigenvalue weighted by Gasteiger charge is 2.14. The summed E-state index contributed by atoms with van der Waals surface area (Å²) in [5, 5.41) is 3.35. The van der Waals surface area contributed by atoms with E-state index >= 15 is 0 Å². The molecular weight excluding hydrogens is 238 g/mol. The van der Waals surface area contributed by atoms with Gasteiger partial charge in [0.15, 0.2) is 0 Å². The first-order valence-electron chi connectivity index (χ1n) is 5.11. The van der Waals surface area contributed by atoms with Gasteiger partial charge in [0.25, 0.3) is 0 Å². The van der Waals surface area contributed by atoms with Crippen LogP contribution < -0.4 is 5.32 Å². The van der Waals surface area contributed by atoms with Crippen LogP contribution >= 0.6 is 15.9 Å². The van der Waals surface area contributed by atoms with Crippen LogP contribution in [0.15, 0.2) is 28.7 Å². The largest absolute Gasteiger partial charge is 0.316 e. The summed E-state index contributed by atoms with van der Waals surface area (Å²) >= 11 is 3.50. The van der Waals surface area contributed by atoms with Gasteiger partial charge in [0.2, 0.25) is 0 Å². The summed E-state index contributed by atoms with van der Waals surface area (Å²) in [6.45, 7) is 4.49. The second-order valence-corrected chi connectivity index (χ2v) is 4.56. The third-order valence-electron chi connectivity index (χ3n) is 2.79. The van der Waals surface area contributed by atoms with Crippen LogP contribution in [-0.4, -0.2) is 13.1 Å². The SMILES string of the molecule is CCC(NC)C(C)c1cccc(Br)c1. The molecule has 0 bridgehead atoms. The van der Waals surface area contributed by atoms with Crippen LogP contribution in [0, 0.1) is 0 Å². The van der Waals surface area contributed by atoms with Crippen molar-refractivity contribution in [3.05, 3.63) is 34.3 Å². The van der Waals surface area contributed by atoms with Crippen molar-refractivity contribution in [2.75, 3.05) is 7.05 Å². The lowest BCUT2D eigenvalue weighted by atomic mass is 9.92. The van der Waals surface area contributed by atoms with E-state index in [-0.39, 0.29) is 0 Å². The molecule has 2 heteroatoms. The zero-order chi connectivity index (χ0) is 10.6. The topological polar surface area (TPSA) is 12.0 Å². The maximum absolute atomic E-state index is 3.50. The van der Waals surface area contributed by atoms with Crippen LogP contribution in [-0.2, 0) is 0 Å². The van der Waals surface area contributed by atoms with E-state index in [1.807, 2.05) is 7.05 Å². The van der Waals surface area contributed by atoms with Crippen molar-refractivity contribution in [1.29, 1.82) is 0 Å². The van der Waals surface area contributed by atoms with E-state index in [4.69, 9.17) is 0 Å². The van der Waals surface area contributed by atoms with Crippen molar-refractivity contribution in [3.63, 3.8) is 0 Å². The molecule has 0 saturated carbocycles. The first kappa shape index (κ1) is 11.7. The first-order valence-corrected chi connectivity index (χ1v) is 5.91. The molecule has 2 unspecified atom stereocenters. The zero-order valence-electron chi connectivity index (χ0n) is 9.05. The molecular formula is C12H18BrN. The third kappa shape index (κ3) is 2.82. The fourth-order valence-electron chi connectivity index (χ4n) is 1.83. The van der Waals surface area contributed by atoms with E-state index in [1.165, 1.54) is 5.56 Å². The van der Waals surface area contributed by atoms with Crippen LogP contribution in [0.25, 0.3) is 0 Å². The molecule has 0 amide bonds. The molecule has 0 aliphatic carbocycles. The van der Waals surface area contributed by atoms with Crippen LogP contribution in [0.5, 0.6) is 0 Å². The van der Waals surface area contributed by atoms with Gasteiger partial charge in [-0.05, 0) is 37.1 Å². The Morgan fingerprint density at radius 1 is 1.43 bits per heavy atom. The summed E-state index contributed by atoms with van der Waals surface area (Å²) in [4.78, 5) is 0. The van der Waals surface area contributed by atoms with E-state index in [2.05, 4.69) is 59.4 Å². The van der Waals surface area contributed by atoms with Crippen molar-refractivity contribution >= 4 is 15.9 Å². The van der Waals surface area contributed by atoms with E-state index in [1.54, 1.807) is 0 Å². The van der Waals surface area contributed by atoms with Gasteiger partial charge in [-0.2, -0.15) is 0 Å². The Morgan fingerprint density at radius 3 is 2.64 bits per heavy atom.